The van der Waals surface area contributed by atoms with Gasteiger partial charge in [0, 0.05) is 53.9 Å². The van der Waals surface area contributed by atoms with Gasteiger partial charge in [0.05, 0.1) is 0 Å². The average Bonchev–Trinajstić information content (AvgIpc) is 3.02. The minimum absolute atomic E-state index is 0.0121. The van der Waals surface area contributed by atoms with Gasteiger partial charge in [-0.05, 0) is 111 Å². The molecule has 0 N–H and O–H groups in total. The maximum absolute atomic E-state index is 4.48. The molecule has 3 heterocycles. The van der Waals surface area contributed by atoms with Gasteiger partial charge in [-0.3, -0.25) is 15.0 Å². The molecular formula is C40H38BN3. The summed E-state index contributed by atoms with van der Waals surface area (Å²) >= 11 is 0. The molecule has 0 saturated carbocycles. The van der Waals surface area contributed by atoms with Crippen LogP contribution in [0.3, 0.4) is 0 Å². The van der Waals surface area contributed by atoms with Crippen molar-refractivity contribution < 1.29 is 0 Å². The fraction of sp³-hybridized carbons (Fsp3) is 0.175. The molecule has 216 valence electrons. The van der Waals surface area contributed by atoms with Crippen LogP contribution in [0, 0.1) is 48.5 Å². The van der Waals surface area contributed by atoms with Crippen molar-refractivity contribution in [1.29, 1.82) is 0 Å². The van der Waals surface area contributed by atoms with Crippen LogP contribution in [0.1, 0.15) is 38.9 Å². The molecule has 0 spiro atoms. The molecule has 6 aromatic rings. The van der Waals surface area contributed by atoms with Crippen molar-refractivity contribution in [3.8, 4) is 33.4 Å². The summed E-state index contributed by atoms with van der Waals surface area (Å²) in [4.78, 5) is 13.4. The Morgan fingerprint density at radius 3 is 1.34 bits per heavy atom. The summed E-state index contributed by atoms with van der Waals surface area (Å²) in [6.45, 7) is 15.8. The number of hydrogen-bond donors (Lipinski definition) is 0. The summed E-state index contributed by atoms with van der Waals surface area (Å²) in [6, 6.07) is 24.3. The molecule has 3 nitrogen and oxygen atoms in total. The van der Waals surface area contributed by atoms with Crippen LogP contribution in [0.4, 0.5) is 0 Å². The lowest BCUT2D eigenvalue weighted by Crippen LogP contribution is -2.56. The van der Waals surface area contributed by atoms with Crippen molar-refractivity contribution in [2.75, 3.05) is 0 Å². The predicted octanol–water partition coefficient (Wildman–Crippen LogP) is 7.55. The zero-order chi connectivity index (χ0) is 31.0. The normalized spacial score (nSPS) is 11.1. The smallest absolute Gasteiger partial charge is 0.242 e. The van der Waals surface area contributed by atoms with E-state index in [9.17, 15) is 0 Å². The number of rotatable bonds is 6. The van der Waals surface area contributed by atoms with E-state index in [2.05, 4.69) is 112 Å². The van der Waals surface area contributed by atoms with E-state index < -0.39 is 0 Å². The molecular weight excluding hydrogens is 533 g/mol. The second-order valence-electron chi connectivity index (χ2n) is 12.1. The van der Waals surface area contributed by atoms with Gasteiger partial charge in [0.25, 0.3) is 0 Å². The van der Waals surface area contributed by atoms with Gasteiger partial charge in [-0.1, -0.05) is 76.0 Å². The number of benzene rings is 3. The molecule has 0 unspecified atom stereocenters. The fourth-order valence-electron chi connectivity index (χ4n) is 7.33. The van der Waals surface area contributed by atoms with Crippen molar-refractivity contribution in [2.24, 2.45) is 0 Å². The molecule has 3 aromatic heterocycles. The third-order valence-electron chi connectivity index (χ3n) is 9.11. The zero-order valence-electron chi connectivity index (χ0n) is 26.7. The lowest BCUT2D eigenvalue weighted by Gasteiger charge is -2.28. The highest BCUT2D eigenvalue weighted by Crippen LogP contribution is 2.30. The lowest BCUT2D eigenvalue weighted by atomic mass is 9.33. The van der Waals surface area contributed by atoms with E-state index in [1.54, 1.807) is 0 Å². The second-order valence-corrected chi connectivity index (χ2v) is 12.1. The van der Waals surface area contributed by atoms with E-state index in [0.29, 0.717) is 0 Å². The van der Waals surface area contributed by atoms with Crippen molar-refractivity contribution in [3.05, 3.63) is 143 Å². The number of nitrogens with zero attached hydrogens (tertiary/aromatic N) is 3. The number of aromatic nitrogens is 3. The van der Waals surface area contributed by atoms with E-state index in [-0.39, 0.29) is 6.71 Å². The Kier molecular flexibility index (Phi) is 8.01. The Morgan fingerprint density at radius 2 is 0.909 bits per heavy atom. The Morgan fingerprint density at radius 1 is 0.455 bits per heavy atom. The molecule has 0 amide bonds. The van der Waals surface area contributed by atoms with Gasteiger partial charge in [-0.25, -0.2) is 0 Å². The summed E-state index contributed by atoms with van der Waals surface area (Å²) in [5, 5.41) is 0. The predicted molar refractivity (Wildman–Crippen MR) is 187 cm³/mol. The van der Waals surface area contributed by atoms with E-state index in [4.69, 9.17) is 0 Å². The Labute approximate surface area is 262 Å². The fourth-order valence-corrected chi connectivity index (χ4v) is 7.33. The van der Waals surface area contributed by atoms with Gasteiger partial charge in [-0.15, -0.1) is 0 Å². The molecule has 0 bridgehead atoms. The molecule has 0 fully saturated rings. The van der Waals surface area contributed by atoms with E-state index in [1.165, 1.54) is 72.0 Å². The van der Waals surface area contributed by atoms with Crippen LogP contribution in [0.15, 0.2) is 104 Å². The Balaban J connectivity index is 1.70. The van der Waals surface area contributed by atoms with Crippen molar-refractivity contribution >= 4 is 23.1 Å². The van der Waals surface area contributed by atoms with Gasteiger partial charge in [0.2, 0.25) is 6.71 Å². The van der Waals surface area contributed by atoms with Gasteiger partial charge in [0.1, 0.15) is 0 Å². The minimum atomic E-state index is 0.0121. The molecule has 3 aromatic carbocycles. The Hall–Kier alpha value is -4.83. The van der Waals surface area contributed by atoms with Crippen LogP contribution in [-0.4, -0.2) is 21.7 Å². The maximum Gasteiger partial charge on any atom is 0.242 e. The highest BCUT2D eigenvalue weighted by Gasteiger charge is 2.31. The number of hydrogen-bond acceptors (Lipinski definition) is 3. The van der Waals surface area contributed by atoms with Crippen LogP contribution in [0.25, 0.3) is 33.4 Å². The monoisotopic (exact) mass is 571 g/mol. The first-order chi connectivity index (χ1) is 21.3. The van der Waals surface area contributed by atoms with Crippen molar-refractivity contribution in [3.63, 3.8) is 0 Å². The zero-order valence-corrected chi connectivity index (χ0v) is 26.7. The van der Waals surface area contributed by atoms with Crippen LogP contribution in [0.2, 0.25) is 0 Å². The third kappa shape index (κ3) is 5.26. The second kappa shape index (κ2) is 12.0. The molecule has 0 aliphatic heterocycles. The first kappa shape index (κ1) is 29.3. The molecule has 44 heavy (non-hydrogen) atoms. The van der Waals surface area contributed by atoms with E-state index in [1.807, 2.05) is 55.4 Å². The molecule has 0 saturated heterocycles. The third-order valence-corrected chi connectivity index (χ3v) is 9.11. The largest absolute Gasteiger partial charge is 0.264 e. The Bertz CT molecular complexity index is 1870. The molecule has 0 radical (unpaired) electrons. The molecule has 0 atom stereocenters. The summed E-state index contributed by atoms with van der Waals surface area (Å²) in [5.74, 6) is 0. The van der Waals surface area contributed by atoms with Crippen LogP contribution < -0.4 is 16.4 Å². The van der Waals surface area contributed by atoms with Crippen LogP contribution in [-0.2, 0) is 0 Å². The minimum Gasteiger partial charge on any atom is -0.264 e. The van der Waals surface area contributed by atoms with Crippen molar-refractivity contribution in [2.45, 2.75) is 48.5 Å². The number of pyridine rings is 3. The summed E-state index contributed by atoms with van der Waals surface area (Å²) in [6.07, 6.45) is 11.5. The standard InChI is InChI=1S/C40H38BN3/c1-25-14-15-35(21-36(25)32-11-8-16-42-22-32)41(39-28(4)19-26(2)37(30(39)6)33-12-9-17-43-23-33)40-29(5)20-27(3)38(31(40)7)34-13-10-18-44-24-34/h8-24H,1-7H3. The highest BCUT2D eigenvalue weighted by atomic mass is 14.6. The van der Waals surface area contributed by atoms with Gasteiger partial charge < -0.3 is 0 Å². The van der Waals surface area contributed by atoms with E-state index >= 15 is 0 Å². The molecule has 4 heteroatoms. The van der Waals surface area contributed by atoms with Crippen molar-refractivity contribution in [1.82, 2.24) is 15.0 Å². The van der Waals surface area contributed by atoms with Gasteiger partial charge >= 0.3 is 0 Å². The molecule has 0 aliphatic carbocycles. The first-order valence-corrected chi connectivity index (χ1v) is 15.3. The molecule has 0 aliphatic rings. The summed E-state index contributed by atoms with van der Waals surface area (Å²) in [7, 11) is 0. The topological polar surface area (TPSA) is 38.7 Å². The van der Waals surface area contributed by atoms with Crippen LogP contribution >= 0.6 is 0 Å². The average molecular weight is 572 g/mol. The SMILES string of the molecule is Cc1ccc(B(c2c(C)cc(C)c(-c3cccnc3)c2C)c2c(C)cc(C)c(-c3cccnc3)c2C)cc1-c1cccnc1. The van der Waals surface area contributed by atoms with Crippen LogP contribution in [0.5, 0.6) is 0 Å². The van der Waals surface area contributed by atoms with Gasteiger partial charge in [-0.2, -0.15) is 0 Å². The lowest BCUT2D eigenvalue weighted by molar-refractivity contribution is 1.29. The summed E-state index contributed by atoms with van der Waals surface area (Å²) in [5.41, 5.74) is 20.1. The highest BCUT2D eigenvalue weighted by molar-refractivity contribution is 6.96. The molecule has 6 rings (SSSR count). The summed E-state index contributed by atoms with van der Waals surface area (Å²) < 4.78 is 0. The van der Waals surface area contributed by atoms with E-state index in [0.717, 1.165) is 16.7 Å². The van der Waals surface area contributed by atoms with Gasteiger partial charge in [0.15, 0.2) is 0 Å². The quantitative estimate of drug-likeness (QED) is 0.194. The maximum atomic E-state index is 4.48. The number of aryl methyl sites for hydroxylation is 5. The first-order valence-electron chi connectivity index (χ1n) is 15.3.